The smallest absolute Gasteiger partial charge is 0.251 e. The summed E-state index contributed by atoms with van der Waals surface area (Å²) in [5.74, 6) is 0.563. The van der Waals surface area contributed by atoms with Crippen molar-refractivity contribution in [3.63, 3.8) is 0 Å². The second-order valence-corrected chi connectivity index (χ2v) is 9.58. The van der Waals surface area contributed by atoms with Gasteiger partial charge in [-0.3, -0.25) is 4.79 Å². The molecule has 3 aromatic rings. The molecule has 3 rings (SSSR count). The summed E-state index contributed by atoms with van der Waals surface area (Å²) in [7, 11) is 0. The molecule has 0 atom stereocenters. The fraction of sp³-hybridized carbons (Fsp3) is 0.364. The van der Waals surface area contributed by atoms with Gasteiger partial charge < -0.3 is 5.32 Å². The molecule has 0 saturated carbocycles. The highest BCUT2D eigenvalue weighted by Crippen LogP contribution is 2.28. The zero-order valence-corrected chi connectivity index (χ0v) is 18.4. The Morgan fingerprint density at radius 1 is 0.966 bits per heavy atom. The van der Waals surface area contributed by atoms with Crippen molar-refractivity contribution in [2.75, 3.05) is 0 Å². The molecule has 0 spiro atoms. The van der Waals surface area contributed by atoms with Gasteiger partial charge >= 0.3 is 0 Å². The van der Waals surface area contributed by atoms with Crippen LogP contribution in [0.15, 0.2) is 42.5 Å². The van der Waals surface area contributed by atoms with E-state index in [0.29, 0.717) is 16.4 Å². The van der Waals surface area contributed by atoms with E-state index >= 15 is 0 Å². The Balaban J connectivity index is 2.17. The molecule has 0 aliphatic rings. The minimum absolute atomic E-state index is 0.153. The number of aromatic nitrogens is 4. The van der Waals surface area contributed by atoms with Crippen molar-refractivity contribution >= 4 is 17.5 Å². The van der Waals surface area contributed by atoms with Crippen molar-refractivity contribution in [2.24, 2.45) is 0 Å². The van der Waals surface area contributed by atoms with Crippen LogP contribution in [0.3, 0.4) is 0 Å². The lowest BCUT2D eigenvalue weighted by Gasteiger charge is -2.21. The lowest BCUT2D eigenvalue weighted by Crippen LogP contribution is -2.40. The fourth-order valence-electron chi connectivity index (χ4n) is 2.92. The number of benzene rings is 2. The first-order valence-corrected chi connectivity index (χ1v) is 9.85. The van der Waals surface area contributed by atoms with Gasteiger partial charge in [0.1, 0.15) is 0 Å². The van der Waals surface area contributed by atoms with Crippen molar-refractivity contribution in [3.05, 3.63) is 58.9 Å². The monoisotopic (exact) mass is 411 g/mol. The van der Waals surface area contributed by atoms with Gasteiger partial charge in [-0.1, -0.05) is 44.5 Å². The summed E-state index contributed by atoms with van der Waals surface area (Å²) in [6.07, 6.45) is 0. The molecule has 0 fully saturated rings. The standard InChI is InChI=1S/C22H26ClN5O/c1-21(2,3)20-25-26-27-28(20)18-12-15(14-7-9-17(23)10-8-14)11-16(13-18)19(29)24-22(4,5)6/h7-13H,1-6H3,(H,24,29). The molecular weight excluding hydrogens is 386 g/mol. The van der Waals surface area contributed by atoms with E-state index in [4.69, 9.17) is 11.6 Å². The van der Waals surface area contributed by atoms with Crippen LogP contribution in [0.4, 0.5) is 0 Å². The van der Waals surface area contributed by atoms with Gasteiger partial charge in [0.2, 0.25) is 0 Å². The zero-order chi connectivity index (χ0) is 21.4. The second kappa shape index (κ2) is 7.59. The third kappa shape index (κ3) is 5.01. The molecule has 0 saturated heterocycles. The normalized spacial score (nSPS) is 12.1. The van der Waals surface area contributed by atoms with Crippen LogP contribution in [-0.4, -0.2) is 31.7 Å². The van der Waals surface area contributed by atoms with E-state index in [0.717, 1.165) is 16.8 Å². The van der Waals surface area contributed by atoms with E-state index < -0.39 is 0 Å². The summed E-state index contributed by atoms with van der Waals surface area (Å²) in [5, 5.41) is 15.9. The van der Waals surface area contributed by atoms with Crippen molar-refractivity contribution < 1.29 is 4.79 Å². The largest absolute Gasteiger partial charge is 0.347 e. The van der Waals surface area contributed by atoms with Gasteiger partial charge in [0.25, 0.3) is 5.91 Å². The van der Waals surface area contributed by atoms with E-state index in [1.54, 1.807) is 4.68 Å². The number of tetrazole rings is 1. The topological polar surface area (TPSA) is 72.7 Å². The van der Waals surface area contributed by atoms with Gasteiger partial charge in [-0.05, 0) is 72.7 Å². The van der Waals surface area contributed by atoms with Gasteiger partial charge in [-0.2, -0.15) is 4.68 Å². The molecule has 0 aliphatic heterocycles. The maximum absolute atomic E-state index is 12.9. The Labute approximate surface area is 176 Å². The van der Waals surface area contributed by atoms with Crippen LogP contribution in [0.1, 0.15) is 57.7 Å². The first-order valence-electron chi connectivity index (χ1n) is 9.47. The van der Waals surface area contributed by atoms with Crippen molar-refractivity contribution in [2.45, 2.75) is 52.5 Å². The minimum atomic E-state index is -0.348. The van der Waals surface area contributed by atoms with E-state index in [-0.39, 0.29) is 16.9 Å². The highest BCUT2D eigenvalue weighted by Gasteiger charge is 2.24. The maximum atomic E-state index is 12.9. The Kier molecular flexibility index (Phi) is 5.50. The summed E-state index contributed by atoms with van der Waals surface area (Å²) >= 11 is 6.04. The maximum Gasteiger partial charge on any atom is 0.251 e. The molecular formula is C22H26ClN5O. The minimum Gasteiger partial charge on any atom is -0.347 e. The number of hydrogen-bond acceptors (Lipinski definition) is 4. The Hall–Kier alpha value is -2.73. The Bertz CT molecular complexity index is 1030. The average molecular weight is 412 g/mol. The van der Waals surface area contributed by atoms with Crippen LogP contribution in [0, 0.1) is 0 Å². The molecule has 1 N–H and O–H groups in total. The number of rotatable bonds is 3. The third-order valence-corrected chi connectivity index (χ3v) is 4.48. The quantitative estimate of drug-likeness (QED) is 0.671. The number of amides is 1. The number of carbonyl (C=O) groups excluding carboxylic acids is 1. The molecule has 0 radical (unpaired) electrons. The summed E-state index contributed by atoms with van der Waals surface area (Å²) in [5.41, 5.74) is 2.50. The molecule has 0 aliphatic carbocycles. The lowest BCUT2D eigenvalue weighted by atomic mass is 9.95. The zero-order valence-electron chi connectivity index (χ0n) is 17.6. The van der Waals surface area contributed by atoms with Crippen molar-refractivity contribution in [3.8, 4) is 16.8 Å². The first kappa shape index (κ1) is 21.0. The Morgan fingerprint density at radius 3 is 2.21 bits per heavy atom. The molecule has 1 aromatic heterocycles. The molecule has 1 heterocycles. The Morgan fingerprint density at radius 2 is 1.62 bits per heavy atom. The summed E-state index contributed by atoms with van der Waals surface area (Å²) in [4.78, 5) is 12.9. The first-order chi connectivity index (χ1) is 13.4. The predicted molar refractivity (Wildman–Crippen MR) is 116 cm³/mol. The predicted octanol–water partition coefficient (Wildman–Crippen LogP) is 4.81. The number of nitrogens with one attached hydrogen (secondary N) is 1. The van der Waals surface area contributed by atoms with Gasteiger partial charge in [0, 0.05) is 21.5 Å². The van der Waals surface area contributed by atoms with Crippen LogP contribution in [0.25, 0.3) is 16.8 Å². The van der Waals surface area contributed by atoms with Gasteiger partial charge in [0.15, 0.2) is 5.82 Å². The molecule has 29 heavy (non-hydrogen) atoms. The van der Waals surface area contributed by atoms with E-state index in [1.165, 1.54) is 0 Å². The molecule has 152 valence electrons. The molecule has 0 bridgehead atoms. The highest BCUT2D eigenvalue weighted by molar-refractivity contribution is 6.30. The van der Waals surface area contributed by atoms with Crippen LogP contribution < -0.4 is 5.32 Å². The van der Waals surface area contributed by atoms with Crippen LogP contribution in [-0.2, 0) is 5.41 Å². The van der Waals surface area contributed by atoms with Crippen LogP contribution in [0.5, 0.6) is 0 Å². The van der Waals surface area contributed by atoms with Crippen molar-refractivity contribution in [1.82, 2.24) is 25.5 Å². The second-order valence-electron chi connectivity index (χ2n) is 9.14. The molecule has 2 aromatic carbocycles. The molecule has 7 heteroatoms. The molecule has 0 unspecified atom stereocenters. The van der Waals surface area contributed by atoms with Crippen LogP contribution >= 0.6 is 11.6 Å². The van der Waals surface area contributed by atoms with E-state index in [9.17, 15) is 4.79 Å². The summed E-state index contributed by atoms with van der Waals surface area (Å²) in [6, 6.07) is 13.2. The van der Waals surface area contributed by atoms with Crippen LogP contribution in [0.2, 0.25) is 5.02 Å². The average Bonchev–Trinajstić information content (AvgIpc) is 3.11. The molecule has 1 amide bonds. The highest BCUT2D eigenvalue weighted by atomic mass is 35.5. The number of hydrogen-bond donors (Lipinski definition) is 1. The van der Waals surface area contributed by atoms with Crippen molar-refractivity contribution in [1.29, 1.82) is 0 Å². The number of nitrogens with zero attached hydrogens (tertiary/aromatic N) is 4. The summed E-state index contributed by atoms with van der Waals surface area (Å²) < 4.78 is 1.69. The molecule has 6 nitrogen and oxygen atoms in total. The van der Waals surface area contributed by atoms with E-state index in [1.807, 2.05) is 84.0 Å². The fourth-order valence-corrected chi connectivity index (χ4v) is 3.04. The third-order valence-electron chi connectivity index (χ3n) is 4.23. The number of halogens is 1. The van der Waals surface area contributed by atoms with Gasteiger partial charge in [-0.15, -0.1) is 5.10 Å². The number of carbonyl (C=O) groups is 1. The summed E-state index contributed by atoms with van der Waals surface area (Å²) in [6.45, 7) is 12.0. The van der Waals surface area contributed by atoms with Gasteiger partial charge in [0.05, 0.1) is 5.69 Å². The van der Waals surface area contributed by atoms with E-state index in [2.05, 4.69) is 20.8 Å². The SMILES string of the molecule is CC(C)(C)NC(=O)c1cc(-c2ccc(Cl)cc2)cc(-n2nnnc2C(C)(C)C)c1. The lowest BCUT2D eigenvalue weighted by molar-refractivity contribution is 0.0919. The van der Waals surface area contributed by atoms with Gasteiger partial charge in [-0.25, -0.2) is 0 Å².